The smallest absolute Gasteiger partial charge is 0.414 e. The third kappa shape index (κ3) is 2.39. The first-order valence-electron chi connectivity index (χ1n) is 7.21. The number of benzene rings is 1. The summed E-state index contributed by atoms with van der Waals surface area (Å²) in [6.45, 7) is 5.94. The minimum Gasteiger partial charge on any atom is -0.506 e. The number of ether oxygens (including phenoxy) is 1. The van der Waals surface area contributed by atoms with Gasteiger partial charge in [0.25, 0.3) is 0 Å². The minimum absolute atomic E-state index is 0.0167. The van der Waals surface area contributed by atoms with Gasteiger partial charge in [-0.3, -0.25) is 4.90 Å². The standard InChI is InChI=1S/C16H19ClN2O3/c1-16(2,3)22-15(21)19-8-9(7-17)13-10-4-5-18-14(10)12(20)6-11(13)19/h4-6,9,18,20H,7-8H2,1-3H3/t9-/m1/s1. The van der Waals surface area contributed by atoms with E-state index in [4.69, 9.17) is 16.3 Å². The Kier molecular flexibility index (Phi) is 3.48. The number of hydrogen-bond donors (Lipinski definition) is 2. The number of phenolic OH excluding ortho intramolecular Hbond substituents is 1. The summed E-state index contributed by atoms with van der Waals surface area (Å²) in [7, 11) is 0. The van der Waals surface area contributed by atoms with Crippen LogP contribution in [0.5, 0.6) is 5.75 Å². The van der Waals surface area contributed by atoms with E-state index in [1.807, 2.05) is 26.8 Å². The molecule has 1 aliphatic heterocycles. The molecule has 118 valence electrons. The molecule has 22 heavy (non-hydrogen) atoms. The van der Waals surface area contributed by atoms with Crippen LogP contribution in [0, 0.1) is 0 Å². The number of alkyl halides is 1. The molecule has 0 radical (unpaired) electrons. The van der Waals surface area contributed by atoms with E-state index >= 15 is 0 Å². The summed E-state index contributed by atoms with van der Waals surface area (Å²) in [6.07, 6.45) is 1.35. The van der Waals surface area contributed by atoms with Crippen molar-refractivity contribution in [1.82, 2.24) is 4.98 Å². The van der Waals surface area contributed by atoms with E-state index in [-0.39, 0.29) is 11.7 Å². The van der Waals surface area contributed by atoms with E-state index in [9.17, 15) is 9.90 Å². The van der Waals surface area contributed by atoms with Gasteiger partial charge in [-0.1, -0.05) is 0 Å². The number of phenols is 1. The molecule has 3 rings (SSSR count). The van der Waals surface area contributed by atoms with Crippen molar-refractivity contribution in [3.63, 3.8) is 0 Å². The number of carbonyl (C=O) groups excluding carboxylic acids is 1. The van der Waals surface area contributed by atoms with Crippen molar-refractivity contribution in [2.24, 2.45) is 0 Å². The van der Waals surface area contributed by atoms with Crippen LogP contribution in [0.3, 0.4) is 0 Å². The van der Waals surface area contributed by atoms with Crippen LogP contribution in [-0.4, -0.2) is 34.2 Å². The highest BCUT2D eigenvalue weighted by Crippen LogP contribution is 2.45. The van der Waals surface area contributed by atoms with E-state index in [2.05, 4.69) is 4.98 Å². The van der Waals surface area contributed by atoms with Gasteiger partial charge in [-0.05, 0) is 32.4 Å². The molecule has 1 atom stereocenters. The summed E-state index contributed by atoms with van der Waals surface area (Å²) in [5, 5.41) is 11.1. The second kappa shape index (κ2) is 5.09. The number of amides is 1. The third-order valence-electron chi connectivity index (χ3n) is 3.74. The second-order valence-corrected chi connectivity index (χ2v) is 6.85. The zero-order valence-electron chi connectivity index (χ0n) is 12.8. The molecule has 0 saturated carbocycles. The number of aromatic amines is 1. The molecule has 1 aliphatic rings. The maximum atomic E-state index is 12.4. The Balaban J connectivity index is 2.09. The van der Waals surface area contributed by atoms with Crippen molar-refractivity contribution in [3.05, 3.63) is 23.9 Å². The van der Waals surface area contributed by atoms with Gasteiger partial charge in [0.05, 0.1) is 11.2 Å². The average Bonchev–Trinajstić information content (AvgIpc) is 2.99. The van der Waals surface area contributed by atoms with Crippen LogP contribution in [0.2, 0.25) is 0 Å². The molecule has 0 spiro atoms. The van der Waals surface area contributed by atoms with Crippen LogP contribution in [0.4, 0.5) is 10.5 Å². The van der Waals surface area contributed by atoms with Crippen molar-refractivity contribution in [2.75, 3.05) is 17.3 Å². The number of aromatic nitrogens is 1. The molecule has 2 aromatic rings. The lowest BCUT2D eigenvalue weighted by molar-refractivity contribution is 0.0582. The Hall–Kier alpha value is -1.88. The van der Waals surface area contributed by atoms with E-state index in [0.29, 0.717) is 23.6 Å². The van der Waals surface area contributed by atoms with Crippen molar-refractivity contribution in [1.29, 1.82) is 0 Å². The summed E-state index contributed by atoms with van der Waals surface area (Å²) in [5.74, 6) is 0.530. The summed E-state index contributed by atoms with van der Waals surface area (Å²) in [4.78, 5) is 17.0. The third-order valence-corrected chi connectivity index (χ3v) is 4.12. The highest BCUT2D eigenvalue weighted by Gasteiger charge is 2.36. The number of nitrogens with zero attached hydrogens (tertiary/aromatic N) is 1. The zero-order valence-corrected chi connectivity index (χ0v) is 13.6. The number of rotatable bonds is 1. The first kappa shape index (κ1) is 15.0. The number of carbonyl (C=O) groups is 1. The predicted octanol–water partition coefficient (Wildman–Crippen LogP) is 3.95. The molecule has 0 saturated heterocycles. The van der Waals surface area contributed by atoms with E-state index in [1.54, 1.807) is 17.2 Å². The van der Waals surface area contributed by atoms with Gasteiger partial charge in [-0.15, -0.1) is 11.6 Å². The summed E-state index contributed by atoms with van der Waals surface area (Å²) >= 11 is 6.09. The van der Waals surface area contributed by atoms with Gasteiger partial charge in [-0.25, -0.2) is 4.79 Å². The maximum absolute atomic E-state index is 12.4. The van der Waals surface area contributed by atoms with Crippen molar-refractivity contribution < 1.29 is 14.6 Å². The molecule has 0 bridgehead atoms. The summed E-state index contributed by atoms with van der Waals surface area (Å²) in [5.41, 5.74) is 1.75. The van der Waals surface area contributed by atoms with Crippen molar-refractivity contribution in [3.8, 4) is 5.75 Å². The van der Waals surface area contributed by atoms with Crippen LogP contribution in [-0.2, 0) is 4.74 Å². The van der Waals surface area contributed by atoms with E-state index < -0.39 is 11.7 Å². The van der Waals surface area contributed by atoms with E-state index in [1.165, 1.54) is 0 Å². The van der Waals surface area contributed by atoms with Crippen LogP contribution in [0.1, 0.15) is 32.3 Å². The quantitative estimate of drug-likeness (QED) is 0.781. The number of aromatic hydroxyl groups is 1. The lowest BCUT2D eigenvalue weighted by Crippen LogP contribution is -2.36. The molecular formula is C16H19ClN2O3. The number of nitrogens with one attached hydrogen (secondary N) is 1. The molecule has 0 unspecified atom stereocenters. The first-order valence-corrected chi connectivity index (χ1v) is 7.74. The normalized spacial score (nSPS) is 17.8. The number of anilines is 1. The average molecular weight is 323 g/mol. The highest BCUT2D eigenvalue weighted by molar-refractivity contribution is 6.19. The fraction of sp³-hybridized carbons (Fsp3) is 0.438. The van der Waals surface area contributed by atoms with Gasteiger partial charge >= 0.3 is 6.09 Å². The molecule has 0 fully saturated rings. The summed E-state index contributed by atoms with van der Waals surface area (Å²) in [6, 6.07) is 3.50. The monoisotopic (exact) mass is 322 g/mol. The minimum atomic E-state index is -0.573. The molecule has 1 aromatic carbocycles. The molecule has 5 nitrogen and oxygen atoms in total. The lowest BCUT2D eigenvalue weighted by Gasteiger charge is -2.25. The van der Waals surface area contributed by atoms with Crippen LogP contribution < -0.4 is 4.90 Å². The van der Waals surface area contributed by atoms with Gasteiger partial charge in [0.2, 0.25) is 0 Å². The predicted molar refractivity (Wildman–Crippen MR) is 87.0 cm³/mol. The molecule has 1 aromatic heterocycles. The second-order valence-electron chi connectivity index (χ2n) is 6.54. The lowest BCUT2D eigenvalue weighted by atomic mass is 9.99. The van der Waals surface area contributed by atoms with Crippen LogP contribution in [0.25, 0.3) is 10.9 Å². The molecule has 2 heterocycles. The van der Waals surface area contributed by atoms with Crippen LogP contribution >= 0.6 is 11.6 Å². The molecule has 0 aliphatic carbocycles. The number of fused-ring (bicyclic) bond motifs is 3. The number of H-pyrrole nitrogens is 1. The SMILES string of the molecule is CC(C)(C)OC(=O)N1C[C@@H](CCl)c2c1cc(O)c1[nH]ccc21. The van der Waals surface area contributed by atoms with Gasteiger partial charge in [0.15, 0.2) is 0 Å². The van der Waals surface area contributed by atoms with Gasteiger partial charge in [-0.2, -0.15) is 0 Å². The molecule has 1 amide bonds. The summed E-state index contributed by atoms with van der Waals surface area (Å²) < 4.78 is 5.46. The highest BCUT2D eigenvalue weighted by atomic mass is 35.5. The van der Waals surface area contributed by atoms with Gasteiger partial charge < -0.3 is 14.8 Å². The molecular weight excluding hydrogens is 304 g/mol. The van der Waals surface area contributed by atoms with Gasteiger partial charge in [0.1, 0.15) is 11.4 Å². The van der Waals surface area contributed by atoms with Crippen molar-refractivity contribution >= 4 is 34.3 Å². The fourth-order valence-electron chi connectivity index (χ4n) is 2.90. The number of hydrogen-bond acceptors (Lipinski definition) is 3. The number of halogens is 1. The zero-order chi connectivity index (χ0) is 16.1. The Labute approximate surface area is 133 Å². The maximum Gasteiger partial charge on any atom is 0.414 e. The topological polar surface area (TPSA) is 65.6 Å². The van der Waals surface area contributed by atoms with Crippen molar-refractivity contribution in [2.45, 2.75) is 32.3 Å². The first-order chi connectivity index (χ1) is 10.3. The Bertz CT molecular complexity index is 733. The van der Waals surface area contributed by atoms with Crippen LogP contribution in [0.15, 0.2) is 18.3 Å². The Morgan fingerprint density at radius 3 is 2.91 bits per heavy atom. The molecule has 6 heteroatoms. The largest absolute Gasteiger partial charge is 0.506 e. The van der Waals surface area contributed by atoms with E-state index in [0.717, 1.165) is 10.9 Å². The fourth-order valence-corrected chi connectivity index (χ4v) is 3.15. The molecule has 2 N–H and O–H groups in total. The Morgan fingerprint density at radius 2 is 2.27 bits per heavy atom. The van der Waals surface area contributed by atoms with Gasteiger partial charge in [0, 0.05) is 36.0 Å². The Morgan fingerprint density at radius 1 is 1.55 bits per heavy atom.